The smallest absolute Gasteiger partial charge is 0.261 e. The van der Waals surface area contributed by atoms with Crippen LogP contribution in [0, 0.1) is 0 Å². The van der Waals surface area contributed by atoms with Crippen LogP contribution in [0.25, 0.3) is 22.3 Å². The highest BCUT2D eigenvalue weighted by Crippen LogP contribution is 2.30. The molecule has 0 amide bonds. The van der Waals surface area contributed by atoms with E-state index in [9.17, 15) is 0 Å². The van der Waals surface area contributed by atoms with Gasteiger partial charge in [-0.3, -0.25) is 5.10 Å². The molecule has 0 fully saturated rings. The molecule has 0 unspecified atom stereocenters. The van der Waals surface area contributed by atoms with Crippen LogP contribution in [0.4, 0.5) is 5.82 Å². The molecule has 3 N–H and O–H groups in total. The molecule has 0 saturated heterocycles. The number of fused-ring (bicyclic) bond motifs is 1. The summed E-state index contributed by atoms with van der Waals surface area (Å²) in [5.41, 5.74) is 8.59. The van der Waals surface area contributed by atoms with Gasteiger partial charge < -0.3 is 10.5 Å². The molecule has 4 aromatic rings. The van der Waals surface area contributed by atoms with Gasteiger partial charge in [-0.15, -0.1) is 5.10 Å². The fourth-order valence-electron chi connectivity index (χ4n) is 2.57. The van der Waals surface area contributed by atoms with E-state index >= 15 is 0 Å². The van der Waals surface area contributed by atoms with Crippen molar-refractivity contribution in [3.63, 3.8) is 0 Å². The van der Waals surface area contributed by atoms with Gasteiger partial charge in [-0.1, -0.05) is 23.2 Å². The Balaban J connectivity index is 1.70. The number of H-pyrrole nitrogens is 1. The molecule has 2 heterocycles. The Labute approximate surface area is 138 Å². The number of nitrogens with zero attached hydrogens (tertiary/aromatic N) is 3. The molecule has 0 saturated carbocycles. The zero-order chi connectivity index (χ0) is 16.5. The topological polar surface area (TPSA) is 80.7 Å². The summed E-state index contributed by atoms with van der Waals surface area (Å²) in [4.78, 5) is 4.28. The number of para-hydroxylation sites is 1. The quantitative estimate of drug-likeness (QED) is 0.569. The van der Waals surface area contributed by atoms with E-state index in [2.05, 4.69) is 15.2 Å². The van der Waals surface area contributed by atoms with E-state index in [1.807, 2.05) is 61.6 Å². The first-order valence-electron chi connectivity index (χ1n) is 7.54. The number of aromatic amines is 1. The Kier molecular flexibility index (Phi) is 3.35. The van der Waals surface area contributed by atoms with Crippen molar-refractivity contribution in [3.8, 4) is 22.8 Å². The fraction of sp³-hybridized carbons (Fsp3) is 0.0556. The molecular weight excluding hydrogens is 302 g/mol. The van der Waals surface area contributed by atoms with Gasteiger partial charge >= 0.3 is 0 Å². The zero-order valence-corrected chi connectivity index (χ0v) is 13.1. The Morgan fingerprint density at radius 3 is 2.46 bits per heavy atom. The van der Waals surface area contributed by atoms with Gasteiger partial charge in [-0.05, 0) is 36.4 Å². The van der Waals surface area contributed by atoms with E-state index in [4.69, 9.17) is 10.5 Å². The number of hydrogen-bond acceptors (Lipinski definition) is 4. The van der Waals surface area contributed by atoms with E-state index in [0.29, 0.717) is 11.5 Å². The molecule has 118 valence electrons. The Bertz CT molecular complexity index is 993. The molecule has 0 aliphatic rings. The first-order chi connectivity index (χ1) is 11.7. The molecule has 0 aliphatic heterocycles. The van der Waals surface area contributed by atoms with Gasteiger partial charge in [-0.2, -0.15) is 0 Å². The van der Waals surface area contributed by atoms with Crippen LogP contribution >= 0.6 is 0 Å². The number of anilines is 1. The average molecular weight is 318 g/mol. The molecule has 2 aromatic carbocycles. The third kappa shape index (κ3) is 2.44. The summed E-state index contributed by atoms with van der Waals surface area (Å²) in [6.45, 7) is 0. The van der Waals surface area contributed by atoms with Crippen LogP contribution in [0.3, 0.4) is 0 Å². The van der Waals surface area contributed by atoms with E-state index in [1.54, 1.807) is 10.9 Å². The van der Waals surface area contributed by atoms with Crippen LogP contribution < -0.4 is 15.0 Å². The summed E-state index contributed by atoms with van der Waals surface area (Å²) >= 11 is 0. The maximum absolute atomic E-state index is 6.17. The molecule has 0 aliphatic carbocycles. The SMILES string of the molecule is C[n+]1cnc2n[nH]c(-c3ccc(Oc4ccccc4)cc3)c2c1N. The predicted octanol–water partition coefficient (Wildman–Crippen LogP) is 2.82. The maximum atomic E-state index is 6.17. The summed E-state index contributed by atoms with van der Waals surface area (Å²) in [5, 5.41) is 8.06. The number of aryl methyl sites for hydroxylation is 1. The van der Waals surface area contributed by atoms with Gasteiger partial charge in [0.15, 0.2) is 0 Å². The van der Waals surface area contributed by atoms with E-state index in [1.165, 1.54) is 0 Å². The van der Waals surface area contributed by atoms with Crippen LogP contribution in [0.1, 0.15) is 0 Å². The standard InChI is InChI=1S/C18H15N5O/c1-23-11-20-18-15(17(23)19)16(21-22-18)12-7-9-14(10-8-12)24-13-5-3-2-4-6-13/h2-11H,1H3,(H2,19,21,22)/p+1. The molecule has 0 spiro atoms. The summed E-state index contributed by atoms with van der Waals surface area (Å²) < 4.78 is 7.59. The highest BCUT2D eigenvalue weighted by atomic mass is 16.5. The number of rotatable bonds is 3. The Morgan fingerprint density at radius 1 is 1.00 bits per heavy atom. The van der Waals surface area contributed by atoms with Gasteiger partial charge in [0.25, 0.3) is 5.65 Å². The van der Waals surface area contributed by atoms with Crippen LogP contribution in [0.5, 0.6) is 11.5 Å². The Hall–Kier alpha value is -3.41. The number of ether oxygens (including phenoxy) is 1. The van der Waals surface area contributed by atoms with Crippen molar-refractivity contribution in [3.05, 3.63) is 60.9 Å². The lowest BCUT2D eigenvalue weighted by Gasteiger charge is -2.06. The summed E-state index contributed by atoms with van der Waals surface area (Å²) in [7, 11) is 1.86. The monoisotopic (exact) mass is 318 g/mol. The minimum absolute atomic E-state index is 0.602. The molecule has 6 heteroatoms. The second-order valence-electron chi connectivity index (χ2n) is 5.48. The van der Waals surface area contributed by atoms with Crippen molar-refractivity contribution in [1.82, 2.24) is 15.2 Å². The lowest BCUT2D eigenvalue weighted by Crippen LogP contribution is -2.32. The average Bonchev–Trinajstić information content (AvgIpc) is 3.05. The molecular formula is C18H16N5O+. The van der Waals surface area contributed by atoms with E-state index < -0.39 is 0 Å². The van der Waals surface area contributed by atoms with E-state index in [0.717, 1.165) is 28.1 Å². The maximum Gasteiger partial charge on any atom is 0.261 e. The van der Waals surface area contributed by atoms with Gasteiger partial charge in [0.05, 0.1) is 12.7 Å². The minimum atomic E-state index is 0.602. The first kappa shape index (κ1) is 14.2. The van der Waals surface area contributed by atoms with E-state index in [-0.39, 0.29) is 0 Å². The molecule has 6 nitrogen and oxygen atoms in total. The van der Waals surface area contributed by atoms with Crippen molar-refractivity contribution >= 4 is 16.9 Å². The molecule has 0 bridgehead atoms. The summed E-state index contributed by atoms with van der Waals surface area (Å²) in [6.07, 6.45) is 1.65. The fourth-order valence-corrected chi connectivity index (χ4v) is 2.57. The third-order valence-corrected chi connectivity index (χ3v) is 3.86. The van der Waals surface area contributed by atoms with Crippen LogP contribution in [-0.4, -0.2) is 15.2 Å². The van der Waals surface area contributed by atoms with Crippen molar-refractivity contribution in [1.29, 1.82) is 0 Å². The number of nitrogens with two attached hydrogens (primary N) is 1. The predicted molar refractivity (Wildman–Crippen MR) is 91.4 cm³/mol. The number of aromatic nitrogens is 4. The molecule has 2 aromatic heterocycles. The molecule has 4 rings (SSSR count). The van der Waals surface area contributed by atoms with Crippen molar-refractivity contribution in [2.24, 2.45) is 7.05 Å². The normalized spacial score (nSPS) is 10.9. The second kappa shape index (κ2) is 5.66. The van der Waals surface area contributed by atoms with Crippen molar-refractivity contribution < 1.29 is 9.30 Å². The van der Waals surface area contributed by atoms with Gasteiger partial charge in [0.1, 0.15) is 16.9 Å². The lowest BCUT2D eigenvalue weighted by molar-refractivity contribution is -0.658. The molecule has 0 radical (unpaired) electrons. The number of nitrogens with one attached hydrogen (secondary N) is 1. The minimum Gasteiger partial charge on any atom is -0.457 e. The van der Waals surface area contributed by atoms with Crippen molar-refractivity contribution in [2.45, 2.75) is 0 Å². The molecule has 24 heavy (non-hydrogen) atoms. The van der Waals surface area contributed by atoms with Crippen molar-refractivity contribution in [2.75, 3.05) is 5.73 Å². The summed E-state index contributed by atoms with van der Waals surface area (Å²) in [6, 6.07) is 17.5. The summed E-state index contributed by atoms with van der Waals surface area (Å²) in [5.74, 6) is 2.19. The zero-order valence-electron chi connectivity index (χ0n) is 13.1. The lowest BCUT2D eigenvalue weighted by atomic mass is 10.1. The first-order valence-corrected chi connectivity index (χ1v) is 7.54. The van der Waals surface area contributed by atoms with Crippen LogP contribution in [-0.2, 0) is 7.05 Å². The molecule has 0 atom stereocenters. The largest absolute Gasteiger partial charge is 0.457 e. The number of hydrogen-bond donors (Lipinski definition) is 2. The van der Waals surface area contributed by atoms with Gasteiger partial charge in [0, 0.05) is 5.56 Å². The number of benzene rings is 2. The highest BCUT2D eigenvalue weighted by molar-refractivity contribution is 5.96. The Morgan fingerprint density at radius 2 is 1.71 bits per heavy atom. The van der Waals surface area contributed by atoms with Crippen LogP contribution in [0.15, 0.2) is 60.9 Å². The third-order valence-electron chi connectivity index (χ3n) is 3.86. The number of nitrogen functional groups attached to an aromatic ring is 1. The van der Waals surface area contributed by atoms with Gasteiger partial charge in [0.2, 0.25) is 12.1 Å². The van der Waals surface area contributed by atoms with Gasteiger partial charge in [-0.25, -0.2) is 4.57 Å². The second-order valence-corrected chi connectivity index (χ2v) is 5.48. The van der Waals surface area contributed by atoms with Crippen LogP contribution in [0.2, 0.25) is 0 Å². The highest BCUT2D eigenvalue weighted by Gasteiger charge is 2.17.